The molecule has 0 radical (unpaired) electrons. The molecule has 0 fully saturated rings. The Bertz CT molecular complexity index is 770. The number of nitrogens with zero attached hydrogens (tertiary/aromatic N) is 4. The van der Waals surface area contributed by atoms with Crippen LogP contribution in [0.1, 0.15) is 16.3 Å². The third-order valence-electron chi connectivity index (χ3n) is 3.93. The third kappa shape index (κ3) is 2.44. The molecule has 0 spiro atoms. The van der Waals surface area contributed by atoms with Crippen molar-refractivity contribution in [3.8, 4) is 5.88 Å². The Labute approximate surface area is 132 Å². The molecule has 0 atom stereocenters. The lowest BCUT2D eigenvalue weighted by Gasteiger charge is -2.27. The van der Waals surface area contributed by atoms with E-state index in [4.69, 9.17) is 9.72 Å². The summed E-state index contributed by atoms with van der Waals surface area (Å²) in [5.74, 6) is 0.694. The smallest absolute Gasteiger partial charge is 0.220 e. The van der Waals surface area contributed by atoms with Crippen molar-refractivity contribution in [1.82, 2.24) is 19.9 Å². The van der Waals surface area contributed by atoms with Gasteiger partial charge < -0.3 is 4.74 Å². The van der Waals surface area contributed by atoms with Crippen LogP contribution in [0.5, 0.6) is 5.88 Å². The van der Waals surface area contributed by atoms with Crippen LogP contribution in [-0.2, 0) is 19.5 Å². The van der Waals surface area contributed by atoms with Crippen molar-refractivity contribution in [3.63, 3.8) is 0 Å². The van der Waals surface area contributed by atoms with E-state index in [1.165, 1.54) is 4.70 Å². The van der Waals surface area contributed by atoms with E-state index in [2.05, 4.69) is 33.1 Å². The molecular formula is C16H16N4OS. The molecule has 0 N–H and O–H groups in total. The van der Waals surface area contributed by atoms with Crippen molar-refractivity contribution < 1.29 is 4.74 Å². The van der Waals surface area contributed by atoms with Crippen LogP contribution in [0.25, 0.3) is 10.2 Å². The summed E-state index contributed by atoms with van der Waals surface area (Å²) in [5.41, 5.74) is 3.30. The number of benzene rings is 1. The highest BCUT2D eigenvalue weighted by molar-refractivity contribution is 7.18. The van der Waals surface area contributed by atoms with Crippen LogP contribution in [0.3, 0.4) is 0 Å². The van der Waals surface area contributed by atoms with Gasteiger partial charge in [-0.1, -0.05) is 12.1 Å². The van der Waals surface area contributed by atoms with Gasteiger partial charge in [0.15, 0.2) is 0 Å². The van der Waals surface area contributed by atoms with Crippen LogP contribution >= 0.6 is 11.3 Å². The summed E-state index contributed by atoms with van der Waals surface area (Å²) >= 11 is 1.77. The van der Waals surface area contributed by atoms with Crippen molar-refractivity contribution in [1.29, 1.82) is 0 Å². The summed E-state index contributed by atoms with van der Waals surface area (Å²) in [6, 6.07) is 8.28. The third-order valence-corrected chi connectivity index (χ3v) is 4.95. The highest BCUT2D eigenvalue weighted by atomic mass is 32.1. The molecule has 1 aliphatic heterocycles. The number of methoxy groups -OCH3 is 1. The second kappa shape index (κ2) is 5.62. The standard InChI is InChI=1S/C16H16N4OS/c1-21-16-11-8-20(7-6-12(11)17-10-18-16)9-15-19-13-4-2-3-5-14(13)22-15/h2-5,10H,6-9H2,1H3. The van der Waals surface area contributed by atoms with Gasteiger partial charge in [-0.15, -0.1) is 11.3 Å². The first-order valence-corrected chi connectivity index (χ1v) is 8.08. The molecule has 3 heterocycles. The minimum Gasteiger partial charge on any atom is -0.481 e. The molecule has 1 aromatic carbocycles. The maximum Gasteiger partial charge on any atom is 0.220 e. The number of aromatic nitrogens is 3. The van der Waals surface area contributed by atoms with Gasteiger partial charge in [0.25, 0.3) is 0 Å². The SMILES string of the molecule is COc1ncnc2c1CN(Cc1nc3ccccc3s1)CC2. The summed E-state index contributed by atoms with van der Waals surface area (Å²) in [4.78, 5) is 15.7. The van der Waals surface area contributed by atoms with E-state index in [1.54, 1.807) is 24.8 Å². The van der Waals surface area contributed by atoms with Gasteiger partial charge in [-0.05, 0) is 12.1 Å². The first-order valence-electron chi connectivity index (χ1n) is 7.27. The van der Waals surface area contributed by atoms with Gasteiger partial charge in [-0.3, -0.25) is 4.90 Å². The van der Waals surface area contributed by atoms with Crippen LogP contribution in [-0.4, -0.2) is 33.5 Å². The second-order valence-electron chi connectivity index (χ2n) is 5.34. The van der Waals surface area contributed by atoms with E-state index in [1.807, 2.05) is 6.07 Å². The van der Waals surface area contributed by atoms with Crippen LogP contribution in [0.4, 0.5) is 0 Å². The van der Waals surface area contributed by atoms with Crippen LogP contribution in [0.2, 0.25) is 0 Å². The van der Waals surface area contributed by atoms with E-state index in [-0.39, 0.29) is 0 Å². The van der Waals surface area contributed by atoms with E-state index in [9.17, 15) is 0 Å². The first kappa shape index (κ1) is 13.6. The highest BCUT2D eigenvalue weighted by Crippen LogP contribution is 2.27. The van der Waals surface area contributed by atoms with Crippen molar-refractivity contribution in [3.05, 3.63) is 46.9 Å². The molecule has 0 amide bonds. The molecule has 2 aromatic heterocycles. The number of rotatable bonds is 3. The summed E-state index contributed by atoms with van der Waals surface area (Å²) in [6.07, 6.45) is 2.51. The second-order valence-corrected chi connectivity index (χ2v) is 6.46. The van der Waals surface area contributed by atoms with Gasteiger partial charge in [0, 0.05) is 25.1 Å². The molecule has 1 aliphatic rings. The minimum atomic E-state index is 0.694. The summed E-state index contributed by atoms with van der Waals surface area (Å²) in [5, 5.41) is 1.15. The van der Waals surface area contributed by atoms with E-state index < -0.39 is 0 Å². The summed E-state index contributed by atoms with van der Waals surface area (Å²) in [7, 11) is 1.66. The van der Waals surface area contributed by atoms with E-state index in [0.29, 0.717) is 5.88 Å². The molecule has 3 aromatic rings. The predicted octanol–water partition coefficient (Wildman–Crippen LogP) is 2.65. The van der Waals surface area contributed by atoms with Gasteiger partial charge in [-0.2, -0.15) is 0 Å². The Kier molecular flexibility index (Phi) is 3.48. The molecule has 112 valence electrons. The average Bonchev–Trinajstić information content (AvgIpc) is 2.96. The fourth-order valence-electron chi connectivity index (χ4n) is 2.86. The molecule has 6 heteroatoms. The zero-order chi connectivity index (χ0) is 14.9. The van der Waals surface area contributed by atoms with Gasteiger partial charge in [0.2, 0.25) is 5.88 Å². The van der Waals surface area contributed by atoms with Crippen molar-refractivity contribution >= 4 is 21.6 Å². The van der Waals surface area contributed by atoms with Crippen LogP contribution in [0, 0.1) is 0 Å². The fraction of sp³-hybridized carbons (Fsp3) is 0.312. The van der Waals surface area contributed by atoms with Crippen molar-refractivity contribution in [2.45, 2.75) is 19.5 Å². The van der Waals surface area contributed by atoms with Crippen LogP contribution < -0.4 is 4.74 Å². The lowest BCUT2D eigenvalue weighted by atomic mass is 10.1. The maximum atomic E-state index is 5.37. The minimum absolute atomic E-state index is 0.694. The maximum absolute atomic E-state index is 5.37. The molecule has 5 nitrogen and oxygen atoms in total. The van der Waals surface area contributed by atoms with E-state index in [0.717, 1.165) is 47.8 Å². The molecule has 0 saturated carbocycles. The highest BCUT2D eigenvalue weighted by Gasteiger charge is 2.22. The Morgan fingerprint density at radius 2 is 2.18 bits per heavy atom. The molecule has 0 unspecified atom stereocenters. The lowest BCUT2D eigenvalue weighted by molar-refractivity contribution is 0.236. The molecule has 0 aliphatic carbocycles. The Balaban J connectivity index is 1.57. The van der Waals surface area contributed by atoms with Gasteiger partial charge in [0.05, 0.1) is 29.6 Å². The fourth-order valence-corrected chi connectivity index (χ4v) is 3.87. The zero-order valence-electron chi connectivity index (χ0n) is 12.3. The van der Waals surface area contributed by atoms with Gasteiger partial charge in [0.1, 0.15) is 11.3 Å². The number of thiazole rings is 1. The molecule has 4 rings (SSSR count). The average molecular weight is 312 g/mol. The van der Waals surface area contributed by atoms with E-state index >= 15 is 0 Å². The predicted molar refractivity (Wildman–Crippen MR) is 86.0 cm³/mol. The molecule has 0 saturated heterocycles. The monoisotopic (exact) mass is 312 g/mol. The Hall–Kier alpha value is -2.05. The largest absolute Gasteiger partial charge is 0.481 e. The summed E-state index contributed by atoms with van der Waals surface area (Å²) in [6.45, 7) is 2.66. The Morgan fingerprint density at radius 3 is 3.05 bits per heavy atom. The normalized spacial score (nSPS) is 15.0. The first-order chi connectivity index (χ1) is 10.8. The van der Waals surface area contributed by atoms with Crippen molar-refractivity contribution in [2.24, 2.45) is 0 Å². The quantitative estimate of drug-likeness (QED) is 0.744. The Morgan fingerprint density at radius 1 is 1.27 bits per heavy atom. The number of para-hydroxylation sites is 1. The molecule has 0 bridgehead atoms. The number of fused-ring (bicyclic) bond motifs is 2. The van der Waals surface area contributed by atoms with Gasteiger partial charge in [-0.25, -0.2) is 15.0 Å². The number of hydrogen-bond acceptors (Lipinski definition) is 6. The summed E-state index contributed by atoms with van der Waals surface area (Å²) < 4.78 is 6.61. The molecular weight excluding hydrogens is 296 g/mol. The van der Waals surface area contributed by atoms with Gasteiger partial charge >= 0.3 is 0 Å². The van der Waals surface area contributed by atoms with Crippen LogP contribution in [0.15, 0.2) is 30.6 Å². The number of hydrogen-bond donors (Lipinski definition) is 0. The zero-order valence-corrected chi connectivity index (χ0v) is 13.1. The number of ether oxygens (including phenoxy) is 1. The van der Waals surface area contributed by atoms with Crippen molar-refractivity contribution in [2.75, 3.05) is 13.7 Å². The topological polar surface area (TPSA) is 51.1 Å². The lowest BCUT2D eigenvalue weighted by Crippen LogP contribution is -2.31. The molecule has 22 heavy (non-hydrogen) atoms.